The Morgan fingerprint density at radius 1 is 0.962 bits per heavy atom. The Labute approximate surface area is 153 Å². The predicted octanol–water partition coefficient (Wildman–Crippen LogP) is 2.48. The number of hydrogen-bond donors (Lipinski definition) is 1. The van der Waals surface area contributed by atoms with Crippen molar-refractivity contribution in [1.82, 2.24) is 9.80 Å². The zero-order valence-electron chi connectivity index (χ0n) is 14.9. The van der Waals surface area contributed by atoms with Gasteiger partial charge in [0.2, 0.25) is 5.91 Å². The van der Waals surface area contributed by atoms with Crippen molar-refractivity contribution in [2.24, 2.45) is 11.8 Å². The summed E-state index contributed by atoms with van der Waals surface area (Å²) in [5.41, 5.74) is 2.16. The number of hydrogen-bond acceptors (Lipinski definition) is 3. The molecule has 0 bridgehead atoms. The first-order valence-corrected chi connectivity index (χ1v) is 8.82. The number of benzene rings is 2. The Morgan fingerprint density at radius 3 is 2.08 bits per heavy atom. The SMILES string of the molecule is CN(Cc1ccccc1)C(=O)[C@H]1CN(Cc2ccccc2)C[C@H]1C(=O)O. The minimum absolute atomic E-state index is 0.100. The Bertz CT molecular complexity index is 748. The molecule has 1 amide bonds. The molecule has 1 N–H and O–H groups in total. The number of carbonyl (C=O) groups excluding carboxylic acids is 1. The molecule has 0 radical (unpaired) electrons. The average molecular weight is 352 g/mol. The van der Waals surface area contributed by atoms with Gasteiger partial charge in [-0.3, -0.25) is 14.5 Å². The van der Waals surface area contributed by atoms with Crippen LogP contribution in [0, 0.1) is 11.8 Å². The summed E-state index contributed by atoms with van der Waals surface area (Å²) in [7, 11) is 1.74. The number of likely N-dealkylation sites (tertiary alicyclic amines) is 1. The number of amides is 1. The van der Waals surface area contributed by atoms with Gasteiger partial charge in [-0.25, -0.2) is 0 Å². The lowest BCUT2D eigenvalue weighted by atomic mass is 9.95. The van der Waals surface area contributed by atoms with Crippen molar-refractivity contribution in [3.8, 4) is 0 Å². The molecule has 0 unspecified atom stereocenters. The zero-order chi connectivity index (χ0) is 18.5. The first-order valence-electron chi connectivity index (χ1n) is 8.82. The summed E-state index contributed by atoms with van der Waals surface area (Å²) in [6.45, 7) is 2.03. The van der Waals surface area contributed by atoms with E-state index in [0.717, 1.165) is 11.1 Å². The highest BCUT2D eigenvalue weighted by Gasteiger charge is 2.42. The topological polar surface area (TPSA) is 60.9 Å². The van der Waals surface area contributed by atoms with E-state index in [-0.39, 0.29) is 5.91 Å². The molecule has 5 nitrogen and oxygen atoms in total. The maximum atomic E-state index is 12.9. The molecular formula is C21H24N2O3. The van der Waals surface area contributed by atoms with Gasteiger partial charge < -0.3 is 10.0 Å². The number of carboxylic acids is 1. The van der Waals surface area contributed by atoms with Crippen LogP contribution in [0.4, 0.5) is 0 Å². The lowest BCUT2D eigenvalue weighted by Crippen LogP contribution is -2.38. The molecule has 0 saturated carbocycles. The zero-order valence-corrected chi connectivity index (χ0v) is 14.9. The van der Waals surface area contributed by atoms with Crippen LogP contribution < -0.4 is 0 Å². The molecule has 0 spiro atoms. The third-order valence-corrected chi connectivity index (χ3v) is 4.92. The largest absolute Gasteiger partial charge is 0.481 e. The van der Waals surface area contributed by atoms with Crippen molar-refractivity contribution in [1.29, 1.82) is 0 Å². The van der Waals surface area contributed by atoms with Gasteiger partial charge in [0.15, 0.2) is 0 Å². The molecular weight excluding hydrogens is 328 g/mol. The number of carbonyl (C=O) groups is 2. The maximum Gasteiger partial charge on any atom is 0.308 e. The fraction of sp³-hybridized carbons (Fsp3) is 0.333. The molecule has 3 rings (SSSR count). The summed E-state index contributed by atoms with van der Waals surface area (Å²) >= 11 is 0. The summed E-state index contributed by atoms with van der Waals surface area (Å²) in [6.07, 6.45) is 0. The van der Waals surface area contributed by atoms with E-state index in [1.54, 1.807) is 11.9 Å². The standard InChI is InChI=1S/C21H24N2O3/c1-22(12-16-8-4-2-5-9-16)20(24)18-14-23(15-19(18)21(25)26)13-17-10-6-3-7-11-17/h2-11,18-19H,12-15H2,1H3,(H,25,26)/t18-,19+/m0/s1. The lowest BCUT2D eigenvalue weighted by molar-refractivity contribution is -0.148. The first kappa shape index (κ1) is 18.1. The molecule has 1 aliphatic heterocycles. The summed E-state index contributed by atoms with van der Waals surface area (Å²) in [6, 6.07) is 19.7. The van der Waals surface area contributed by atoms with Crippen molar-refractivity contribution in [3.05, 3.63) is 71.8 Å². The fourth-order valence-corrected chi connectivity index (χ4v) is 3.57. The van der Waals surface area contributed by atoms with Gasteiger partial charge in [0, 0.05) is 33.2 Å². The number of rotatable bonds is 6. The molecule has 1 fully saturated rings. The van der Waals surface area contributed by atoms with E-state index in [1.165, 1.54) is 0 Å². The average Bonchev–Trinajstić information content (AvgIpc) is 3.07. The van der Waals surface area contributed by atoms with Crippen molar-refractivity contribution < 1.29 is 14.7 Å². The second-order valence-electron chi connectivity index (χ2n) is 6.91. The summed E-state index contributed by atoms with van der Waals surface area (Å²) < 4.78 is 0. The molecule has 0 aliphatic carbocycles. The van der Waals surface area contributed by atoms with E-state index >= 15 is 0 Å². The van der Waals surface area contributed by atoms with Crippen molar-refractivity contribution in [3.63, 3.8) is 0 Å². The first-order chi connectivity index (χ1) is 12.5. The summed E-state index contributed by atoms with van der Waals surface area (Å²) in [5.74, 6) is -2.17. The van der Waals surface area contributed by atoms with Crippen LogP contribution in [0.1, 0.15) is 11.1 Å². The van der Waals surface area contributed by atoms with Gasteiger partial charge in [0.25, 0.3) is 0 Å². The van der Waals surface area contributed by atoms with Crippen LogP contribution >= 0.6 is 0 Å². The predicted molar refractivity (Wildman–Crippen MR) is 99.3 cm³/mol. The lowest BCUT2D eigenvalue weighted by Gasteiger charge is -2.23. The maximum absolute atomic E-state index is 12.9. The van der Waals surface area contributed by atoms with Crippen LogP contribution in [-0.4, -0.2) is 46.9 Å². The molecule has 0 aromatic heterocycles. The van der Waals surface area contributed by atoms with E-state index in [9.17, 15) is 14.7 Å². The second-order valence-corrected chi connectivity index (χ2v) is 6.91. The highest BCUT2D eigenvalue weighted by atomic mass is 16.4. The van der Waals surface area contributed by atoms with Crippen LogP contribution in [0.3, 0.4) is 0 Å². The van der Waals surface area contributed by atoms with Crippen molar-refractivity contribution >= 4 is 11.9 Å². The Morgan fingerprint density at radius 2 is 1.50 bits per heavy atom. The number of nitrogens with zero attached hydrogens (tertiary/aromatic N) is 2. The van der Waals surface area contributed by atoms with E-state index in [0.29, 0.717) is 26.2 Å². The molecule has 1 heterocycles. The monoisotopic (exact) mass is 352 g/mol. The van der Waals surface area contributed by atoms with Gasteiger partial charge in [-0.2, -0.15) is 0 Å². The Kier molecular flexibility index (Phi) is 5.68. The normalized spacial score (nSPS) is 20.0. The van der Waals surface area contributed by atoms with Gasteiger partial charge in [-0.1, -0.05) is 60.7 Å². The highest BCUT2D eigenvalue weighted by Crippen LogP contribution is 2.27. The molecule has 2 atom stereocenters. The minimum Gasteiger partial charge on any atom is -0.481 e. The minimum atomic E-state index is -0.896. The van der Waals surface area contributed by atoms with Crippen LogP contribution in [0.15, 0.2) is 60.7 Å². The summed E-state index contributed by atoms with van der Waals surface area (Å²) in [5, 5.41) is 9.59. The van der Waals surface area contributed by atoms with E-state index in [2.05, 4.69) is 4.90 Å². The van der Waals surface area contributed by atoms with Gasteiger partial charge >= 0.3 is 5.97 Å². The molecule has 2 aromatic carbocycles. The fourth-order valence-electron chi connectivity index (χ4n) is 3.57. The molecule has 26 heavy (non-hydrogen) atoms. The van der Waals surface area contributed by atoms with Crippen molar-refractivity contribution in [2.45, 2.75) is 13.1 Å². The Hall–Kier alpha value is -2.66. The second kappa shape index (κ2) is 8.15. The van der Waals surface area contributed by atoms with Gasteiger partial charge in [-0.15, -0.1) is 0 Å². The third-order valence-electron chi connectivity index (χ3n) is 4.92. The van der Waals surface area contributed by atoms with Gasteiger partial charge in [-0.05, 0) is 11.1 Å². The Balaban J connectivity index is 1.68. The third kappa shape index (κ3) is 4.29. The number of aliphatic carboxylic acids is 1. The van der Waals surface area contributed by atoms with E-state index in [1.807, 2.05) is 60.7 Å². The summed E-state index contributed by atoms with van der Waals surface area (Å²) in [4.78, 5) is 28.3. The molecule has 136 valence electrons. The highest BCUT2D eigenvalue weighted by molar-refractivity contribution is 5.85. The van der Waals surface area contributed by atoms with E-state index < -0.39 is 17.8 Å². The van der Waals surface area contributed by atoms with Gasteiger partial charge in [0.05, 0.1) is 11.8 Å². The van der Waals surface area contributed by atoms with Gasteiger partial charge in [0.1, 0.15) is 0 Å². The molecule has 1 aliphatic rings. The molecule has 2 aromatic rings. The van der Waals surface area contributed by atoms with Crippen LogP contribution in [0.2, 0.25) is 0 Å². The quantitative estimate of drug-likeness (QED) is 0.868. The molecule has 5 heteroatoms. The smallest absolute Gasteiger partial charge is 0.308 e. The van der Waals surface area contributed by atoms with E-state index in [4.69, 9.17) is 0 Å². The van der Waals surface area contributed by atoms with Crippen LogP contribution in [0.25, 0.3) is 0 Å². The van der Waals surface area contributed by atoms with Crippen LogP contribution in [0.5, 0.6) is 0 Å². The van der Waals surface area contributed by atoms with Crippen molar-refractivity contribution in [2.75, 3.05) is 20.1 Å². The molecule has 1 saturated heterocycles. The number of carboxylic acid groups (broad SMARTS) is 1. The van der Waals surface area contributed by atoms with Crippen LogP contribution in [-0.2, 0) is 22.7 Å².